The van der Waals surface area contributed by atoms with E-state index in [0.717, 1.165) is 17.3 Å². The Morgan fingerprint density at radius 1 is 1.32 bits per heavy atom. The second-order valence-corrected chi connectivity index (χ2v) is 7.81. The summed E-state index contributed by atoms with van der Waals surface area (Å²) in [5.41, 5.74) is 3.50. The van der Waals surface area contributed by atoms with E-state index in [1.807, 2.05) is 16.8 Å². The number of thiophene rings is 1. The number of amides is 1. The highest BCUT2D eigenvalue weighted by Gasteiger charge is 2.10. The Labute approximate surface area is 156 Å². The van der Waals surface area contributed by atoms with Gasteiger partial charge in [0, 0.05) is 23.8 Å². The molecule has 1 N–H and O–H groups in total. The second kappa shape index (κ2) is 8.36. The standard InChI is InChI=1S/C19H21N3OS2/c1-14-5-6-15(2)17(12-14)22-10-9-21-19(22)25-13-18(23)20-8-7-16-4-3-11-24-16/h3-6,9-12H,7-8,13H2,1-2H3,(H,20,23). The number of imidazole rings is 1. The van der Waals surface area contributed by atoms with Crippen molar-refractivity contribution in [1.29, 1.82) is 0 Å². The van der Waals surface area contributed by atoms with Gasteiger partial charge in [-0.1, -0.05) is 30.0 Å². The molecule has 0 unspecified atom stereocenters. The molecule has 2 heterocycles. The number of nitrogens with zero attached hydrogens (tertiary/aromatic N) is 2. The Morgan fingerprint density at radius 2 is 2.20 bits per heavy atom. The van der Waals surface area contributed by atoms with Crippen molar-refractivity contribution in [3.8, 4) is 5.69 Å². The van der Waals surface area contributed by atoms with Crippen LogP contribution in [0.2, 0.25) is 0 Å². The Hall–Kier alpha value is -2.05. The predicted octanol–water partition coefficient (Wildman–Crippen LogP) is 4.00. The van der Waals surface area contributed by atoms with E-state index in [4.69, 9.17) is 0 Å². The molecule has 3 rings (SSSR count). The summed E-state index contributed by atoms with van der Waals surface area (Å²) in [7, 11) is 0. The molecule has 2 aromatic heterocycles. The average molecular weight is 372 g/mol. The molecule has 1 amide bonds. The maximum atomic E-state index is 12.1. The molecule has 25 heavy (non-hydrogen) atoms. The van der Waals surface area contributed by atoms with E-state index in [-0.39, 0.29) is 5.91 Å². The average Bonchev–Trinajstić information content (AvgIpc) is 3.26. The lowest BCUT2D eigenvalue weighted by molar-refractivity contribution is -0.118. The predicted molar refractivity (Wildman–Crippen MR) is 105 cm³/mol. The van der Waals surface area contributed by atoms with Crippen molar-refractivity contribution in [2.45, 2.75) is 25.4 Å². The highest BCUT2D eigenvalue weighted by Crippen LogP contribution is 2.23. The van der Waals surface area contributed by atoms with Crippen LogP contribution in [-0.2, 0) is 11.2 Å². The quantitative estimate of drug-likeness (QED) is 0.639. The van der Waals surface area contributed by atoms with Crippen molar-refractivity contribution in [2.24, 2.45) is 0 Å². The molecule has 0 radical (unpaired) electrons. The normalized spacial score (nSPS) is 10.8. The number of thioether (sulfide) groups is 1. The van der Waals surface area contributed by atoms with Gasteiger partial charge in [0.05, 0.1) is 11.4 Å². The van der Waals surface area contributed by atoms with Gasteiger partial charge in [-0.2, -0.15) is 0 Å². The molecule has 0 saturated carbocycles. The van der Waals surface area contributed by atoms with Crippen LogP contribution in [0.3, 0.4) is 0 Å². The number of hydrogen-bond donors (Lipinski definition) is 1. The molecular formula is C19H21N3OS2. The molecule has 0 spiro atoms. The van der Waals surface area contributed by atoms with Crippen LogP contribution in [-0.4, -0.2) is 27.8 Å². The largest absolute Gasteiger partial charge is 0.355 e. The highest BCUT2D eigenvalue weighted by atomic mass is 32.2. The van der Waals surface area contributed by atoms with E-state index in [0.29, 0.717) is 12.3 Å². The molecule has 0 saturated heterocycles. The molecule has 130 valence electrons. The van der Waals surface area contributed by atoms with Crippen LogP contribution >= 0.6 is 23.1 Å². The Kier molecular flexibility index (Phi) is 5.94. The summed E-state index contributed by atoms with van der Waals surface area (Å²) in [5.74, 6) is 0.406. The topological polar surface area (TPSA) is 46.9 Å². The zero-order valence-electron chi connectivity index (χ0n) is 14.4. The summed E-state index contributed by atoms with van der Waals surface area (Å²) < 4.78 is 2.05. The number of carbonyl (C=O) groups excluding carboxylic acids is 1. The third-order valence-electron chi connectivity index (χ3n) is 3.84. The number of nitrogens with one attached hydrogen (secondary N) is 1. The van der Waals surface area contributed by atoms with Crippen LogP contribution in [0.25, 0.3) is 5.69 Å². The first-order chi connectivity index (χ1) is 12.1. The van der Waals surface area contributed by atoms with Crippen molar-refractivity contribution in [1.82, 2.24) is 14.9 Å². The molecule has 6 heteroatoms. The van der Waals surface area contributed by atoms with E-state index >= 15 is 0 Å². The number of aryl methyl sites for hydroxylation is 2. The molecule has 4 nitrogen and oxygen atoms in total. The minimum atomic E-state index is 0.0390. The summed E-state index contributed by atoms with van der Waals surface area (Å²) in [4.78, 5) is 17.8. The van der Waals surface area contributed by atoms with E-state index in [1.165, 1.54) is 27.8 Å². The Balaban J connectivity index is 1.56. The fraction of sp³-hybridized carbons (Fsp3) is 0.263. The van der Waals surface area contributed by atoms with Gasteiger partial charge in [0.25, 0.3) is 0 Å². The molecule has 0 aliphatic carbocycles. The van der Waals surface area contributed by atoms with Gasteiger partial charge in [-0.3, -0.25) is 9.36 Å². The second-order valence-electron chi connectivity index (χ2n) is 5.84. The zero-order chi connectivity index (χ0) is 17.6. The molecule has 0 bridgehead atoms. The third-order valence-corrected chi connectivity index (χ3v) is 5.74. The number of hydrogen-bond acceptors (Lipinski definition) is 4. The fourth-order valence-corrected chi connectivity index (χ4v) is 4.02. The Bertz CT molecular complexity index is 840. The van der Waals surface area contributed by atoms with Gasteiger partial charge in [0.1, 0.15) is 0 Å². The van der Waals surface area contributed by atoms with E-state index < -0.39 is 0 Å². The first kappa shape index (κ1) is 17.8. The Morgan fingerprint density at radius 3 is 3.00 bits per heavy atom. The first-order valence-electron chi connectivity index (χ1n) is 8.16. The van der Waals surface area contributed by atoms with E-state index in [1.54, 1.807) is 17.5 Å². The zero-order valence-corrected chi connectivity index (χ0v) is 16.0. The van der Waals surface area contributed by atoms with Crippen molar-refractivity contribution in [3.05, 3.63) is 64.1 Å². The van der Waals surface area contributed by atoms with Crippen molar-refractivity contribution in [2.75, 3.05) is 12.3 Å². The first-order valence-corrected chi connectivity index (χ1v) is 10.0. The van der Waals surface area contributed by atoms with E-state index in [9.17, 15) is 4.79 Å². The maximum Gasteiger partial charge on any atom is 0.230 e. The molecular weight excluding hydrogens is 350 g/mol. The molecule has 3 aromatic rings. The summed E-state index contributed by atoms with van der Waals surface area (Å²) in [6.07, 6.45) is 4.60. The van der Waals surface area contributed by atoms with Crippen molar-refractivity contribution in [3.63, 3.8) is 0 Å². The summed E-state index contributed by atoms with van der Waals surface area (Å²) in [6.45, 7) is 4.83. The SMILES string of the molecule is Cc1ccc(C)c(-n2ccnc2SCC(=O)NCCc2cccs2)c1. The van der Waals surface area contributed by atoms with Crippen molar-refractivity contribution >= 4 is 29.0 Å². The van der Waals surface area contributed by atoms with Gasteiger partial charge >= 0.3 is 0 Å². The van der Waals surface area contributed by atoms with Gasteiger partial charge in [-0.15, -0.1) is 11.3 Å². The maximum absolute atomic E-state index is 12.1. The van der Waals surface area contributed by atoms with Gasteiger partial charge in [-0.25, -0.2) is 4.98 Å². The highest BCUT2D eigenvalue weighted by molar-refractivity contribution is 7.99. The lowest BCUT2D eigenvalue weighted by Gasteiger charge is -2.11. The minimum absolute atomic E-state index is 0.0390. The van der Waals surface area contributed by atoms with Crippen LogP contribution in [0.1, 0.15) is 16.0 Å². The lowest BCUT2D eigenvalue weighted by Crippen LogP contribution is -2.27. The monoisotopic (exact) mass is 371 g/mol. The van der Waals surface area contributed by atoms with Crippen LogP contribution in [0.5, 0.6) is 0 Å². The van der Waals surface area contributed by atoms with Crippen LogP contribution in [0.15, 0.2) is 53.3 Å². The molecule has 0 aliphatic heterocycles. The number of aromatic nitrogens is 2. The van der Waals surface area contributed by atoms with Crippen LogP contribution in [0.4, 0.5) is 0 Å². The smallest absolute Gasteiger partial charge is 0.230 e. The third kappa shape index (κ3) is 4.74. The summed E-state index contributed by atoms with van der Waals surface area (Å²) >= 11 is 3.18. The molecule has 0 fully saturated rings. The van der Waals surface area contributed by atoms with Crippen molar-refractivity contribution < 1.29 is 4.79 Å². The fourth-order valence-electron chi connectivity index (χ4n) is 2.52. The van der Waals surface area contributed by atoms with Gasteiger partial charge in [0.2, 0.25) is 5.91 Å². The number of benzene rings is 1. The van der Waals surface area contributed by atoms with Gasteiger partial charge < -0.3 is 5.32 Å². The summed E-state index contributed by atoms with van der Waals surface area (Å²) in [6, 6.07) is 10.5. The van der Waals surface area contributed by atoms with Gasteiger partial charge in [-0.05, 0) is 48.9 Å². The molecule has 0 atom stereocenters. The summed E-state index contributed by atoms with van der Waals surface area (Å²) in [5, 5.41) is 5.86. The molecule has 1 aromatic carbocycles. The minimum Gasteiger partial charge on any atom is -0.355 e. The van der Waals surface area contributed by atoms with Crippen LogP contribution in [0, 0.1) is 13.8 Å². The van der Waals surface area contributed by atoms with E-state index in [2.05, 4.69) is 53.8 Å². The van der Waals surface area contributed by atoms with Crippen LogP contribution < -0.4 is 5.32 Å². The van der Waals surface area contributed by atoms with Gasteiger partial charge in [0.15, 0.2) is 5.16 Å². The number of carbonyl (C=O) groups is 1. The lowest BCUT2D eigenvalue weighted by atomic mass is 10.1. The molecule has 0 aliphatic rings. The number of rotatable bonds is 7.